The van der Waals surface area contributed by atoms with Crippen LogP contribution in [0.15, 0.2) is 5.38 Å². The van der Waals surface area contributed by atoms with Gasteiger partial charge in [-0.05, 0) is 37.2 Å². The maximum absolute atomic E-state index is 12.9. The molecule has 1 saturated heterocycles. The Bertz CT molecular complexity index is 545. The monoisotopic (exact) mass is 336 g/mol. The van der Waals surface area contributed by atoms with E-state index in [4.69, 9.17) is 0 Å². The zero-order chi connectivity index (χ0) is 16.4. The molecule has 2 unspecified atom stereocenters. The Morgan fingerprint density at radius 2 is 2.13 bits per heavy atom. The van der Waals surface area contributed by atoms with E-state index in [1.807, 2.05) is 4.90 Å². The van der Waals surface area contributed by atoms with Crippen molar-refractivity contribution in [2.45, 2.75) is 45.6 Å². The summed E-state index contributed by atoms with van der Waals surface area (Å²) in [6.07, 6.45) is 4.35. The largest absolute Gasteiger partial charge is 0.395 e. The molecule has 128 valence electrons. The number of aliphatic hydroxyl groups is 1. The fourth-order valence-electron chi connectivity index (χ4n) is 3.82. The SMILES string of the molecule is CCC(CO)N1CCN(C(=O)c2csc3c2CCC(C)C3)CC1. The molecule has 1 aromatic heterocycles. The number of nitrogens with zero attached hydrogens (tertiary/aromatic N) is 2. The maximum atomic E-state index is 12.9. The Kier molecular flexibility index (Phi) is 5.39. The maximum Gasteiger partial charge on any atom is 0.255 e. The van der Waals surface area contributed by atoms with Gasteiger partial charge in [0.2, 0.25) is 0 Å². The van der Waals surface area contributed by atoms with Crippen molar-refractivity contribution in [2.24, 2.45) is 5.92 Å². The zero-order valence-corrected chi connectivity index (χ0v) is 15.1. The molecule has 1 aromatic rings. The number of hydrogen-bond acceptors (Lipinski definition) is 4. The van der Waals surface area contributed by atoms with E-state index >= 15 is 0 Å². The molecule has 0 radical (unpaired) electrons. The molecule has 1 fully saturated rings. The molecule has 1 N–H and O–H groups in total. The van der Waals surface area contributed by atoms with Gasteiger partial charge in [-0.15, -0.1) is 11.3 Å². The summed E-state index contributed by atoms with van der Waals surface area (Å²) in [4.78, 5) is 18.6. The molecule has 4 nitrogen and oxygen atoms in total. The number of thiophene rings is 1. The first-order valence-corrected chi connectivity index (χ1v) is 9.75. The summed E-state index contributed by atoms with van der Waals surface area (Å²) < 4.78 is 0. The minimum absolute atomic E-state index is 0.209. The van der Waals surface area contributed by atoms with E-state index in [0.29, 0.717) is 0 Å². The highest BCUT2D eigenvalue weighted by Crippen LogP contribution is 2.33. The van der Waals surface area contributed by atoms with Gasteiger partial charge >= 0.3 is 0 Å². The van der Waals surface area contributed by atoms with Crippen LogP contribution in [0.25, 0.3) is 0 Å². The number of fused-ring (bicyclic) bond motifs is 1. The third-order valence-corrected chi connectivity index (χ3v) is 6.48. The number of hydrogen-bond donors (Lipinski definition) is 1. The molecule has 1 amide bonds. The highest BCUT2D eigenvalue weighted by molar-refractivity contribution is 7.10. The van der Waals surface area contributed by atoms with Gasteiger partial charge in [-0.1, -0.05) is 13.8 Å². The summed E-state index contributed by atoms with van der Waals surface area (Å²) in [5, 5.41) is 11.5. The van der Waals surface area contributed by atoms with Gasteiger partial charge in [0.1, 0.15) is 0 Å². The van der Waals surface area contributed by atoms with Crippen molar-refractivity contribution in [3.63, 3.8) is 0 Å². The van der Waals surface area contributed by atoms with Gasteiger partial charge in [-0.25, -0.2) is 0 Å². The summed E-state index contributed by atoms with van der Waals surface area (Å²) in [6, 6.07) is 0.239. The van der Waals surface area contributed by atoms with Crippen LogP contribution >= 0.6 is 11.3 Å². The van der Waals surface area contributed by atoms with Crippen molar-refractivity contribution in [3.05, 3.63) is 21.4 Å². The molecular weight excluding hydrogens is 308 g/mol. The molecule has 5 heteroatoms. The quantitative estimate of drug-likeness (QED) is 0.918. The lowest BCUT2D eigenvalue weighted by molar-refractivity contribution is 0.0472. The lowest BCUT2D eigenvalue weighted by Gasteiger charge is -2.38. The second kappa shape index (κ2) is 7.32. The van der Waals surface area contributed by atoms with E-state index in [1.54, 1.807) is 11.3 Å². The Hall–Kier alpha value is -0.910. The molecule has 3 rings (SSSR count). The Morgan fingerprint density at radius 1 is 1.39 bits per heavy atom. The van der Waals surface area contributed by atoms with E-state index in [1.165, 1.54) is 16.9 Å². The second-order valence-corrected chi connectivity index (χ2v) is 7.94. The van der Waals surface area contributed by atoms with Crippen LogP contribution in [0.2, 0.25) is 0 Å². The van der Waals surface area contributed by atoms with Crippen LogP contribution in [-0.2, 0) is 12.8 Å². The molecule has 0 aromatic carbocycles. The van der Waals surface area contributed by atoms with Crippen molar-refractivity contribution in [3.8, 4) is 0 Å². The van der Waals surface area contributed by atoms with Crippen LogP contribution in [0.4, 0.5) is 0 Å². The third-order valence-electron chi connectivity index (χ3n) is 5.43. The minimum Gasteiger partial charge on any atom is -0.395 e. The Balaban J connectivity index is 1.64. The first-order chi connectivity index (χ1) is 11.1. The molecule has 0 saturated carbocycles. The third kappa shape index (κ3) is 3.47. The summed E-state index contributed by atoms with van der Waals surface area (Å²) in [7, 11) is 0. The summed E-state index contributed by atoms with van der Waals surface area (Å²) in [5.41, 5.74) is 2.28. The topological polar surface area (TPSA) is 43.8 Å². The molecule has 2 atom stereocenters. The van der Waals surface area contributed by atoms with Crippen LogP contribution in [0.5, 0.6) is 0 Å². The standard InChI is InChI=1S/C18H28N2O2S/c1-3-14(11-21)19-6-8-20(9-7-19)18(22)16-12-23-17-10-13(2)4-5-15(16)17/h12-14,21H,3-11H2,1-2H3. The van der Waals surface area contributed by atoms with E-state index in [-0.39, 0.29) is 18.6 Å². The van der Waals surface area contributed by atoms with Crippen molar-refractivity contribution >= 4 is 17.2 Å². The molecule has 0 spiro atoms. The minimum atomic E-state index is 0.209. The Morgan fingerprint density at radius 3 is 2.78 bits per heavy atom. The van der Waals surface area contributed by atoms with E-state index in [2.05, 4.69) is 24.1 Å². The van der Waals surface area contributed by atoms with Crippen molar-refractivity contribution in [2.75, 3.05) is 32.8 Å². The number of aliphatic hydroxyl groups excluding tert-OH is 1. The van der Waals surface area contributed by atoms with Crippen LogP contribution in [-0.4, -0.2) is 59.6 Å². The average molecular weight is 337 g/mol. The van der Waals surface area contributed by atoms with Gasteiger partial charge < -0.3 is 10.0 Å². The van der Waals surface area contributed by atoms with Crippen molar-refractivity contribution in [1.29, 1.82) is 0 Å². The van der Waals surface area contributed by atoms with Crippen LogP contribution in [0.3, 0.4) is 0 Å². The number of piperazine rings is 1. The predicted octanol–water partition coefficient (Wildman–Crippen LogP) is 2.40. The first-order valence-electron chi connectivity index (χ1n) is 8.87. The van der Waals surface area contributed by atoms with Crippen LogP contribution in [0.1, 0.15) is 47.5 Å². The number of carbonyl (C=O) groups excluding carboxylic acids is 1. The average Bonchev–Trinajstić information content (AvgIpc) is 2.99. The van der Waals surface area contributed by atoms with Gasteiger partial charge in [-0.2, -0.15) is 0 Å². The van der Waals surface area contributed by atoms with Crippen molar-refractivity contribution in [1.82, 2.24) is 9.80 Å². The van der Waals surface area contributed by atoms with Crippen LogP contribution < -0.4 is 0 Å². The van der Waals surface area contributed by atoms with E-state index < -0.39 is 0 Å². The summed E-state index contributed by atoms with van der Waals surface area (Å²) in [6.45, 7) is 7.90. The van der Waals surface area contributed by atoms with E-state index in [0.717, 1.165) is 56.9 Å². The molecule has 2 heterocycles. The molecule has 1 aliphatic carbocycles. The Labute approximate surface area is 143 Å². The number of carbonyl (C=O) groups is 1. The zero-order valence-electron chi connectivity index (χ0n) is 14.3. The van der Waals surface area contributed by atoms with E-state index in [9.17, 15) is 9.90 Å². The smallest absolute Gasteiger partial charge is 0.255 e. The fourth-order valence-corrected chi connectivity index (χ4v) is 5.06. The van der Waals surface area contributed by atoms with Gasteiger partial charge in [-0.3, -0.25) is 9.69 Å². The highest BCUT2D eigenvalue weighted by atomic mass is 32.1. The normalized spacial score (nSPS) is 23.6. The predicted molar refractivity (Wildman–Crippen MR) is 94.1 cm³/mol. The van der Waals surface area contributed by atoms with Gasteiger partial charge in [0.15, 0.2) is 0 Å². The fraction of sp³-hybridized carbons (Fsp3) is 0.722. The molecular formula is C18H28N2O2S. The van der Waals surface area contributed by atoms with Crippen LogP contribution in [0, 0.1) is 5.92 Å². The molecule has 1 aliphatic heterocycles. The molecule has 0 bridgehead atoms. The summed E-state index contributed by atoms with van der Waals surface area (Å²) >= 11 is 1.77. The lowest BCUT2D eigenvalue weighted by atomic mass is 9.88. The molecule has 23 heavy (non-hydrogen) atoms. The first kappa shape index (κ1) is 16.9. The highest BCUT2D eigenvalue weighted by Gasteiger charge is 2.29. The number of amides is 1. The van der Waals surface area contributed by atoms with Gasteiger partial charge in [0.25, 0.3) is 5.91 Å². The van der Waals surface area contributed by atoms with Crippen molar-refractivity contribution < 1.29 is 9.90 Å². The van der Waals surface area contributed by atoms with Gasteiger partial charge in [0, 0.05) is 42.5 Å². The molecule has 2 aliphatic rings. The van der Waals surface area contributed by atoms with Gasteiger partial charge in [0.05, 0.1) is 12.2 Å². The number of rotatable bonds is 4. The second-order valence-electron chi connectivity index (χ2n) is 6.97. The summed E-state index contributed by atoms with van der Waals surface area (Å²) in [5.74, 6) is 0.964. The lowest BCUT2D eigenvalue weighted by Crippen LogP contribution is -2.52.